The van der Waals surface area contributed by atoms with Crippen molar-refractivity contribution in [1.82, 2.24) is 4.90 Å². The summed E-state index contributed by atoms with van der Waals surface area (Å²) in [5.74, 6) is -1.47. The zero-order valence-corrected chi connectivity index (χ0v) is 18.6. The number of nitrogens with zero attached hydrogens (tertiary/aromatic N) is 2. The van der Waals surface area contributed by atoms with Gasteiger partial charge in [-0.25, -0.2) is 4.90 Å². The molecular formula is C26H20N2O4S. The fourth-order valence-corrected chi connectivity index (χ4v) is 6.11. The number of fused-ring (bicyclic) bond motifs is 5. The first-order valence-electron chi connectivity index (χ1n) is 10.7. The van der Waals surface area contributed by atoms with Crippen LogP contribution in [0.2, 0.25) is 0 Å². The molecule has 0 saturated carbocycles. The van der Waals surface area contributed by atoms with E-state index in [0.29, 0.717) is 16.3 Å². The number of carbonyl (C=O) groups excluding carboxylic acids is 3. The Bertz CT molecular complexity index is 1300. The SMILES string of the molecule is COc1ccc(N2C(=O)C3C(C2=O)C2c4ccccc4C=CN2C3C(=O)c2cccs2)cc1. The molecule has 0 spiro atoms. The first-order chi connectivity index (χ1) is 16.1. The monoisotopic (exact) mass is 456 g/mol. The lowest BCUT2D eigenvalue weighted by Gasteiger charge is -2.35. The van der Waals surface area contributed by atoms with Crippen LogP contribution in [-0.2, 0) is 9.59 Å². The molecule has 0 bridgehead atoms. The molecule has 6 rings (SSSR count). The number of ether oxygens (including phenoxy) is 1. The van der Waals surface area contributed by atoms with Crippen molar-refractivity contribution in [3.8, 4) is 5.75 Å². The number of anilines is 1. The van der Waals surface area contributed by atoms with Gasteiger partial charge in [-0.1, -0.05) is 30.3 Å². The van der Waals surface area contributed by atoms with E-state index in [1.807, 2.05) is 52.9 Å². The number of benzene rings is 2. The van der Waals surface area contributed by atoms with Gasteiger partial charge >= 0.3 is 0 Å². The Morgan fingerprint density at radius 1 is 0.939 bits per heavy atom. The predicted octanol–water partition coefficient (Wildman–Crippen LogP) is 4.16. The number of hydrogen-bond donors (Lipinski definition) is 0. The average Bonchev–Trinajstić information content (AvgIpc) is 3.55. The van der Waals surface area contributed by atoms with Gasteiger partial charge in [-0.15, -0.1) is 11.3 Å². The van der Waals surface area contributed by atoms with Crippen molar-refractivity contribution in [3.05, 3.63) is 88.2 Å². The van der Waals surface area contributed by atoms with Gasteiger partial charge in [0.25, 0.3) is 0 Å². The van der Waals surface area contributed by atoms with Crippen LogP contribution in [0, 0.1) is 11.8 Å². The molecular weight excluding hydrogens is 436 g/mol. The molecule has 4 heterocycles. The van der Waals surface area contributed by atoms with Gasteiger partial charge in [0.1, 0.15) is 11.8 Å². The fraction of sp³-hybridized carbons (Fsp3) is 0.192. The number of imide groups is 1. The molecule has 0 radical (unpaired) electrons. The van der Waals surface area contributed by atoms with Crippen LogP contribution < -0.4 is 9.64 Å². The van der Waals surface area contributed by atoms with Crippen molar-refractivity contribution >= 4 is 40.7 Å². The molecule has 2 saturated heterocycles. The summed E-state index contributed by atoms with van der Waals surface area (Å²) in [6.07, 6.45) is 3.83. The normalized spacial score (nSPS) is 25.1. The Labute approximate surface area is 194 Å². The zero-order chi connectivity index (χ0) is 22.7. The van der Waals surface area contributed by atoms with E-state index in [0.717, 1.165) is 11.1 Å². The summed E-state index contributed by atoms with van der Waals surface area (Å²) < 4.78 is 5.21. The minimum absolute atomic E-state index is 0.121. The van der Waals surface area contributed by atoms with Crippen LogP contribution >= 0.6 is 11.3 Å². The van der Waals surface area contributed by atoms with Crippen LogP contribution in [0.15, 0.2) is 72.2 Å². The first kappa shape index (κ1) is 19.9. The lowest BCUT2D eigenvalue weighted by molar-refractivity contribution is -0.123. The van der Waals surface area contributed by atoms with Gasteiger partial charge < -0.3 is 9.64 Å². The van der Waals surface area contributed by atoms with Crippen molar-refractivity contribution in [2.75, 3.05) is 12.0 Å². The second-order valence-corrected chi connectivity index (χ2v) is 9.33. The second kappa shape index (κ2) is 7.42. The number of amides is 2. The third-order valence-electron chi connectivity index (χ3n) is 6.82. The van der Waals surface area contributed by atoms with Gasteiger partial charge in [-0.05, 0) is 52.9 Å². The van der Waals surface area contributed by atoms with Crippen LogP contribution in [0.5, 0.6) is 5.75 Å². The molecule has 0 N–H and O–H groups in total. The Morgan fingerprint density at radius 2 is 1.70 bits per heavy atom. The number of ketones is 1. The predicted molar refractivity (Wildman–Crippen MR) is 125 cm³/mol. The summed E-state index contributed by atoms with van der Waals surface area (Å²) in [4.78, 5) is 45.0. The van der Waals surface area contributed by atoms with Gasteiger partial charge in [0.15, 0.2) is 5.78 Å². The van der Waals surface area contributed by atoms with E-state index < -0.39 is 17.9 Å². The van der Waals surface area contributed by atoms with Gasteiger partial charge in [0.2, 0.25) is 11.8 Å². The highest BCUT2D eigenvalue weighted by molar-refractivity contribution is 7.12. The molecule has 4 atom stereocenters. The molecule has 6 nitrogen and oxygen atoms in total. The molecule has 3 aliphatic heterocycles. The number of methoxy groups -OCH3 is 1. The fourth-order valence-electron chi connectivity index (χ4n) is 5.41. The Hall–Kier alpha value is -3.71. The summed E-state index contributed by atoms with van der Waals surface area (Å²) in [6.45, 7) is 0. The zero-order valence-electron chi connectivity index (χ0n) is 17.8. The Morgan fingerprint density at radius 3 is 2.42 bits per heavy atom. The highest BCUT2D eigenvalue weighted by Crippen LogP contribution is 2.53. The highest BCUT2D eigenvalue weighted by atomic mass is 32.1. The van der Waals surface area contributed by atoms with Crippen LogP contribution in [0.25, 0.3) is 6.08 Å². The Balaban J connectivity index is 1.48. The van der Waals surface area contributed by atoms with Gasteiger partial charge in [-0.3, -0.25) is 14.4 Å². The summed E-state index contributed by atoms with van der Waals surface area (Å²) in [5, 5.41) is 1.85. The number of carbonyl (C=O) groups is 3. The number of thiophene rings is 1. The second-order valence-electron chi connectivity index (χ2n) is 8.38. The van der Waals surface area contributed by atoms with Crippen LogP contribution in [0.3, 0.4) is 0 Å². The molecule has 2 fully saturated rings. The maximum Gasteiger partial charge on any atom is 0.240 e. The molecule has 7 heteroatoms. The van der Waals surface area contributed by atoms with E-state index >= 15 is 0 Å². The molecule has 2 amide bonds. The number of Topliss-reactive ketones (excluding diaryl/α,β-unsaturated/α-hetero) is 1. The largest absolute Gasteiger partial charge is 0.497 e. The smallest absolute Gasteiger partial charge is 0.240 e. The molecule has 0 aliphatic carbocycles. The van der Waals surface area contributed by atoms with Crippen molar-refractivity contribution in [3.63, 3.8) is 0 Å². The van der Waals surface area contributed by atoms with Gasteiger partial charge in [0.05, 0.1) is 35.6 Å². The lowest BCUT2D eigenvalue weighted by atomic mass is 9.84. The van der Waals surface area contributed by atoms with E-state index in [-0.39, 0.29) is 23.6 Å². The molecule has 164 valence electrons. The first-order valence-corrected chi connectivity index (χ1v) is 11.6. The van der Waals surface area contributed by atoms with Crippen LogP contribution in [0.4, 0.5) is 5.69 Å². The maximum atomic E-state index is 13.8. The summed E-state index contributed by atoms with van der Waals surface area (Å²) in [6, 6.07) is 17.2. The molecule has 1 aromatic heterocycles. The van der Waals surface area contributed by atoms with Crippen molar-refractivity contribution in [1.29, 1.82) is 0 Å². The van der Waals surface area contributed by atoms with Gasteiger partial charge in [-0.2, -0.15) is 0 Å². The van der Waals surface area contributed by atoms with Crippen LogP contribution in [0.1, 0.15) is 26.8 Å². The summed E-state index contributed by atoms with van der Waals surface area (Å²) >= 11 is 1.36. The standard InChI is InChI=1S/C26H20N2O4S/c1-32-17-10-8-16(9-11-17)28-25(30)20-21(26(28)31)23(24(29)19-7-4-14-33-19)27-13-12-15-5-2-3-6-18(15)22(20)27/h2-14,20-23H,1H3. The maximum absolute atomic E-state index is 13.8. The van der Waals surface area contributed by atoms with Crippen molar-refractivity contribution in [2.24, 2.45) is 11.8 Å². The van der Waals surface area contributed by atoms with E-state index in [1.54, 1.807) is 37.4 Å². The van der Waals surface area contributed by atoms with E-state index in [9.17, 15) is 14.4 Å². The van der Waals surface area contributed by atoms with Crippen molar-refractivity contribution < 1.29 is 19.1 Å². The quantitative estimate of drug-likeness (QED) is 0.436. The third-order valence-corrected chi connectivity index (χ3v) is 7.71. The average molecular weight is 457 g/mol. The molecule has 4 unspecified atom stereocenters. The van der Waals surface area contributed by atoms with Crippen molar-refractivity contribution in [2.45, 2.75) is 12.1 Å². The van der Waals surface area contributed by atoms with E-state index in [1.165, 1.54) is 16.2 Å². The molecule has 3 aromatic rings. The number of rotatable bonds is 4. The Kier molecular flexibility index (Phi) is 4.48. The lowest BCUT2D eigenvalue weighted by Crippen LogP contribution is -2.44. The minimum atomic E-state index is -0.755. The number of hydrogen-bond acceptors (Lipinski definition) is 6. The van der Waals surface area contributed by atoms with E-state index in [2.05, 4.69) is 0 Å². The topological polar surface area (TPSA) is 66.9 Å². The third kappa shape index (κ3) is 2.82. The highest BCUT2D eigenvalue weighted by Gasteiger charge is 2.64. The van der Waals surface area contributed by atoms with E-state index in [4.69, 9.17) is 4.74 Å². The molecule has 3 aliphatic rings. The van der Waals surface area contributed by atoms with Crippen LogP contribution in [-0.4, -0.2) is 35.6 Å². The minimum Gasteiger partial charge on any atom is -0.497 e. The van der Waals surface area contributed by atoms with Gasteiger partial charge in [0, 0.05) is 6.20 Å². The summed E-state index contributed by atoms with van der Waals surface area (Å²) in [7, 11) is 1.56. The molecule has 2 aromatic carbocycles. The summed E-state index contributed by atoms with van der Waals surface area (Å²) in [5.41, 5.74) is 2.47. The molecule has 33 heavy (non-hydrogen) atoms.